The third-order valence-electron chi connectivity index (χ3n) is 2.25. The predicted molar refractivity (Wildman–Crippen MR) is 77.0 cm³/mol. The zero-order valence-corrected chi connectivity index (χ0v) is 13.0. The standard InChI is InChI=1S/C13H16ClNO4S/c1-4-19-13(16)12(9-15(2)3)20(17,18)11-7-5-6-10(14)8-11/h5-9H,4H2,1-3H3. The van der Waals surface area contributed by atoms with E-state index in [2.05, 4.69) is 0 Å². The summed E-state index contributed by atoms with van der Waals surface area (Å²) in [6, 6.07) is 5.73. The molecular formula is C13H16ClNO4S. The van der Waals surface area contributed by atoms with Crippen LogP contribution in [0.5, 0.6) is 0 Å². The van der Waals surface area contributed by atoms with E-state index < -0.39 is 20.7 Å². The van der Waals surface area contributed by atoms with E-state index in [0.29, 0.717) is 0 Å². The maximum absolute atomic E-state index is 12.5. The smallest absolute Gasteiger partial charge is 0.351 e. The Labute approximate surface area is 123 Å². The molecule has 0 fully saturated rings. The Morgan fingerprint density at radius 2 is 2.05 bits per heavy atom. The van der Waals surface area contributed by atoms with Gasteiger partial charge < -0.3 is 9.64 Å². The van der Waals surface area contributed by atoms with Gasteiger partial charge in [-0.15, -0.1) is 0 Å². The summed E-state index contributed by atoms with van der Waals surface area (Å²) < 4.78 is 29.8. The highest BCUT2D eigenvalue weighted by Crippen LogP contribution is 2.23. The molecule has 0 aliphatic carbocycles. The van der Waals surface area contributed by atoms with E-state index in [1.54, 1.807) is 27.1 Å². The maximum atomic E-state index is 12.5. The molecule has 0 heterocycles. The van der Waals surface area contributed by atoms with Crippen molar-refractivity contribution in [3.63, 3.8) is 0 Å². The summed E-state index contributed by atoms with van der Waals surface area (Å²) in [5, 5.41) is 0.277. The largest absolute Gasteiger partial charge is 0.462 e. The quantitative estimate of drug-likeness (QED) is 0.614. The van der Waals surface area contributed by atoms with Gasteiger partial charge in [-0.2, -0.15) is 0 Å². The Morgan fingerprint density at radius 3 is 2.55 bits per heavy atom. The summed E-state index contributed by atoms with van der Waals surface area (Å²) in [4.78, 5) is 12.8. The fourth-order valence-electron chi connectivity index (χ4n) is 1.43. The van der Waals surface area contributed by atoms with Crippen LogP contribution in [0.3, 0.4) is 0 Å². The van der Waals surface area contributed by atoms with Gasteiger partial charge in [-0.05, 0) is 25.1 Å². The Bertz CT molecular complexity index is 623. The van der Waals surface area contributed by atoms with Crippen molar-refractivity contribution in [2.24, 2.45) is 0 Å². The minimum absolute atomic E-state index is 0.0499. The molecule has 0 saturated carbocycles. The average Bonchev–Trinajstić information content (AvgIpc) is 2.35. The summed E-state index contributed by atoms with van der Waals surface area (Å²) in [5.74, 6) is -0.888. The number of carbonyl (C=O) groups excluding carboxylic acids is 1. The lowest BCUT2D eigenvalue weighted by Gasteiger charge is -2.12. The highest BCUT2D eigenvalue weighted by atomic mass is 35.5. The van der Waals surface area contributed by atoms with Gasteiger partial charge in [-0.1, -0.05) is 17.7 Å². The first-order valence-corrected chi connectivity index (χ1v) is 7.71. The number of carbonyl (C=O) groups is 1. The summed E-state index contributed by atoms with van der Waals surface area (Å²) >= 11 is 5.79. The van der Waals surface area contributed by atoms with Gasteiger partial charge in [0.2, 0.25) is 9.84 Å². The molecule has 0 amide bonds. The lowest BCUT2D eigenvalue weighted by molar-refractivity contribution is -0.137. The van der Waals surface area contributed by atoms with Crippen molar-refractivity contribution in [3.05, 3.63) is 40.4 Å². The van der Waals surface area contributed by atoms with E-state index in [1.165, 1.54) is 29.3 Å². The molecule has 0 radical (unpaired) electrons. The minimum atomic E-state index is -3.98. The molecule has 5 nitrogen and oxygen atoms in total. The molecule has 0 N–H and O–H groups in total. The molecular weight excluding hydrogens is 302 g/mol. The molecule has 0 saturated heterocycles. The fraction of sp³-hybridized carbons (Fsp3) is 0.308. The van der Waals surface area contributed by atoms with E-state index in [9.17, 15) is 13.2 Å². The summed E-state index contributed by atoms with van der Waals surface area (Å²) in [6.45, 7) is 1.70. The van der Waals surface area contributed by atoms with Crippen molar-refractivity contribution in [1.82, 2.24) is 4.90 Å². The van der Waals surface area contributed by atoms with Crippen LogP contribution < -0.4 is 0 Å². The summed E-state index contributed by atoms with van der Waals surface area (Å²) in [6.07, 6.45) is 1.22. The molecule has 20 heavy (non-hydrogen) atoms. The number of ether oxygens (including phenoxy) is 1. The van der Waals surface area contributed by atoms with Crippen molar-refractivity contribution in [2.75, 3.05) is 20.7 Å². The lowest BCUT2D eigenvalue weighted by atomic mass is 10.4. The van der Waals surface area contributed by atoms with E-state index in [-0.39, 0.29) is 16.5 Å². The van der Waals surface area contributed by atoms with Crippen LogP contribution in [-0.2, 0) is 19.4 Å². The molecule has 110 valence electrons. The molecule has 7 heteroatoms. The zero-order chi connectivity index (χ0) is 15.3. The van der Waals surface area contributed by atoms with E-state index in [4.69, 9.17) is 16.3 Å². The number of halogens is 1. The van der Waals surface area contributed by atoms with Crippen LogP contribution in [0.25, 0.3) is 0 Å². The van der Waals surface area contributed by atoms with Crippen molar-refractivity contribution in [2.45, 2.75) is 11.8 Å². The van der Waals surface area contributed by atoms with Gasteiger partial charge in [0.1, 0.15) is 0 Å². The minimum Gasteiger partial charge on any atom is -0.462 e. The van der Waals surface area contributed by atoms with Gasteiger partial charge in [-0.3, -0.25) is 0 Å². The number of esters is 1. The number of hydrogen-bond donors (Lipinski definition) is 0. The van der Waals surface area contributed by atoms with Crippen LogP contribution >= 0.6 is 11.6 Å². The topological polar surface area (TPSA) is 63.7 Å². The first kappa shape index (κ1) is 16.5. The van der Waals surface area contributed by atoms with Crippen molar-refractivity contribution in [1.29, 1.82) is 0 Å². The van der Waals surface area contributed by atoms with Gasteiger partial charge in [-0.25, -0.2) is 13.2 Å². The van der Waals surface area contributed by atoms with Gasteiger partial charge in [0.05, 0.1) is 11.5 Å². The molecule has 0 spiro atoms. The highest BCUT2D eigenvalue weighted by molar-refractivity contribution is 7.96. The SMILES string of the molecule is CCOC(=O)C(=CN(C)C)S(=O)(=O)c1cccc(Cl)c1. The average molecular weight is 318 g/mol. The third kappa shape index (κ3) is 3.98. The number of rotatable bonds is 5. The molecule has 0 aromatic heterocycles. The van der Waals surface area contributed by atoms with Crippen LogP contribution in [0.2, 0.25) is 5.02 Å². The van der Waals surface area contributed by atoms with Gasteiger partial charge in [0.25, 0.3) is 0 Å². The maximum Gasteiger partial charge on any atom is 0.351 e. The highest BCUT2D eigenvalue weighted by Gasteiger charge is 2.28. The molecule has 0 bridgehead atoms. The molecule has 0 unspecified atom stereocenters. The molecule has 0 atom stereocenters. The Morgan fingerprint density at radius 1 is 1.40 bits per heavy atom. The molecule has 0 aliphatic heterocycles. The van der Waals surface area contributed by atoms with Crippen LogP contribution in [0.1, 0.15) is 6.92 Å². The molecule has 1 rings (SSSR count). The molecule has 1 aromatic rings. The predicted octanol–water partition coefficient (Wildman–Crippen LogP) is 2.08. The lowest BCUT2D eigenvalue weighted by Crippen LogP contribution is -2.19. The van der Waals surface area contributed by atoms with Crippen LogP contribution in [-0.4, -0.2) is 40.0 Å². The second-order valence-corrected chi connectivity index (χ2v) is 6.49. The fourth-order valence-corrected chi connectivity index (χ4v) is 3.11. The number of sulfone groups is 1. The normalized spacial score (nSPS) is 12.1. The van der Waals surface area contributed by atoms with Gasteiger partial charge >= 0.3 is 5.97 Å². The second-order valence-electron chi connectivity index (χ2n) is 4.14. The number of benzene rings is 1. The first-order valence-electron chi connectivity index (χ1n) is 5.85. The molecule has 0 aliphatic rings. The van der Waals surface area contributed by atoms with Crippen LogP contribution in [0, 0.1) is 0 Å². The monoisotopic (exact) mass is 317 g/mol. The van der Waals surface area contributed by atoms with Crippen molar-refractivity contribution in [3.8, 4) is 0 Å². The van der Waals surface area contributed by atoms with E-state index in [1.807, 2.05) is 0 Å². The number of nitrogens with zero attached hydrogens (tertiary/aromatic N) is 1. The van der Waals surface area contributed by atoms with Crippen molar-refractivity contribution < 1.29 is 17.9 Å². The van der Waals surface area contributed by atoms with Gasteiger partial charge in [0, 0.05) is 25.3 Å². The number of hydrogen-bond acceptors (Lipinski definition) is 5. The van der Waals surface area contributed by atoms with Gasteiger partial charge in [0.15, 0.2) is 4.91 Å². The zero-order valence-electron chi connectivity index (χ0n) is 11.5. The Hall–Kier alpha value is -1.53. The van der Waals surface area contributed by atoms with Crippen LogP contribution in [0.4, 0.5) is 0 Å². The van der Waals surface area contributed by atoms with E-state index in [0.717, 1.165) is 0 Å². The third-order valence-corrected chi connectivity index (χ3v) is 4.21. The van der Waals surface area contributed by atoms with E-state index >= 15 is 0 Å². The second kappa shape index (κ2) is 6.76. The summed E-state index contributed by atoms with van der Waals surface area (Å²) in [7, 11) is -0.744. The Balaban J connectivity index is 3.36. The van der Waals surface area contributed by atoms with Crippen LogP contribution in [0.15, 0.2) is 40.3 Å². The summed E-state index contributed by atoms with van der Waals surface area (Å²) in [5.41, 5.74) is 0. The van der Waals surface area contributed by atoms with Crippen molar-refractivity contribution >= 4 is 27.4 Å². The first-order chi connectivity index (χ1) is 9.28. The Kier molecular flexibility index (Phi) is 5.59. The molecule has 1 aromatic carbocycles.